The summed E-state index contributed by atoms with van der Waals surface area (Å²) in [6.45, 7) is 4.70. The molecule has 1 amide bonds. The summed E-state index contributed by atoms with van der Waals surface area (Å²) in [6, 6.07) is 5.32. The summed E-state index contributed by atoms with van der Waals surface area (Å²) in [6.07, 6.45) is 1.05. The number of carbonyl (C=O) groups excluding carboxylic acids is 1. The topological polar surface area (TPSA) is 82.8 Å². The van der Waals surface area contributed by atoms with Crippen molar-refractivity contribution in [3.8, 4) is 11.5 Å². The average molecular weight is 292 g/mol. The molecule has 0 atom stereocenters. The number of nitrogens with one attached hydrogen (secondary N) is 1. The van der Waals surface area contributed by atoms with E-state index in [4.69, 9.17) is 19.9 Å². The van der Waals surface area contributed by atoms with Crippen molar-refractivity contribution in [1.82, 2.24) is 0 Å². The second-order valence-electron chi connectivity index (χ2n) is 5.99. The maximum absolute atomic E-state index is 12.4. The van der Waals surface area contributed by atoms with Crippen LogP contribution in [0.15, 0.2) is 18.2 Å². The first-order chi connectivity index (χ1) is 9.88. The zero-order valence-electron chi connectivity index (χ0n) is 12.3. The Labute approximate surface area is 123 Å². The molecule has 0 aromatic heterocycles. The third kappa shape index (κ3) is 2.82. The number of nitrogens with two attached hydrogens (primary N) is 1. The van der Waals surface area contributed by atoms with E-state index >= 15 is 0 Å². The van der Waals surface area contributed by atoms with E-state index in [2.05, 4.69) is 5.32 Å². The van der Waals surface area contributed by atoms with Crippen LogP contribution in [0.2, 0.25) is 0 Å². The quantitative estimate of drug-likeness (QED) is 0.866. The van der Waals surface area contributed by atoms with Gasteiger partial charge in [-0.3, -0.25) is 4.79 Å². The van der Waals surface area contributed by atoms with Crippen molar-refractivity contribution < 1.29 is 19.0 Å². The number of hydrogen-bond donors (Lipinski definition) is 2. The van der Waals surface area contributed by atoms with E-state index in [9.17, 15) is 4.79 Å². The first-order valence-electron chi connectivity index (χ1n) is 7.08. The van der Waals surface area contributed by atoms with Gasteiger partial charge in [-0.2, -0.15) is 0 Å². The summed E-state index contributed by atoms with van der Waals surface area (Å²) in [4.78, 5) is 12.4. The second-order valence-corrected chi connectivity index (χ2v) is 5.99. The number of anilines is 1. The van der Waals surface area contributed by atoms with Gasteiger partial charge in [-0.1, -0.05) is 0 Å². The van der Waals surface area contributed by atoms with Crippen LogP contribution in [0.25, 0.3) is 0 Å². The van der Waals surface area contributed by atoms with Crippen molar-refractivity contribution in [1.29, 1.82) is 0 Å². The maximum Gasteiger partial charge on any atom is 0.246 e. The van der Waals surface area contributed by atoms with Crippen LogP contribution in [0.1, 0.15) is 26.7 Å². The monoisotopic (exact) mass is 292 g/mol. The van der Waals surface area contributed by atoms with E-state index < -0.39 is 11.3 Å². The molecule has 0 unspecified atom stereocenters. The highest BCUT2D eigenvalue weighted by Crippen LogP contribution is 2.40. The number of benzene rings is 1. The Hall–Kier alpha value is -1.79. The normalized spacial score (nSPS) is 21.9. The van der Waals surface area contributed by atoms with Gasteiger partial charge in [-0.15, -0.1) is 0 Å². The molecular weight excluding hydrogens is 272 g/mol. The average Bonchev–Trinajstić information content (AvgIpc) is 2.72. The molecule has 0 radical (unpaired) electrons. The molecule has 2 aliphatic rings. The molecule has 2 aliphatic heterocycles. The molecular formula is C15H20N2O4. The van der Waals surface area contributed by atoms with Gasteiger partial charge in [-0.05, 0) is 25.0 Å². The Morgan fingerprint density at radius 2 is 1.86 bits per heavy atom. The molecule has 1 saturated heterocycles. The third-order valence-corrected chi connectivity index (χ3v) is 3.75. The predicted molar refractivity (Wildman–Crippen MR) is 77.4 cm³/mol. The number of fused-ring (bicyclic) bond motifs is 1. The molecule has 6 nitrogen and oxygen atoms in total. The molecule has 6 heteroatoms. The summed E-state index contributed by atoms with van der Waals surface area (Å²) in [7, 11) is 0. The van der Waals surface area contributed by atoms with Crippen molar-refractivity contribution in [3.63, 3.8) is 0 Å². The number of carbonyl (C=O) groups is 1. The van der Waals surface area contributed by atoms with E-state index in [1.165, 1.54) is 0 Å². The number of ether oxygens (including phenoxy) is 3. The fraction of sp³-hybridized carbons (Fsp3) is 0.533. The predicted octanol–water partition coefficient (Wildman–Crippen LogP) is 1.64. The van der Waals surface area contributed by atoms with E-state index in [0.29, 0.717) is 43.2 Å². The van der Waals surface area contributed by atoms with Crippen LogP contribution in [0, 0.1) is 0 Å². The SMILES string of the molecule is CC1(C)Oc2ccc(NC(=O)C3(N)CCOCC3)cc2O1. The number of hydrogen-bond acceptors (Lipinski definition) is 5. The smallest absolute Gasteiger partial charge is 0.246 e. The van der Waals surface area contributed by atoms with Gasteiger partial charge in [0.05, 0.1) is 0 Å². The van der Waals surface area contributed by atoms with Crippen molar-refractivity contribution in [2.75, 3.05) is 18.5 Å². The molecule has 3 N–H and O–H groups in total. The molecule has 1 fully saturated rings. The summed E-state index contributed by atoms with van der Waals surface area (Å²) in [5.74, 6) is 0.423. The Kier molecular flexibility index (Phi) is 3.30. The summed E-state index contributed by atoms with van der Waals surface area (Å²) < 4.78 is 16.5. The highest BCUT2D eigenvalue weighted by Gasteiger charge is 2.36. The van der Waals surface area contributed by atoms with Crippen LogP contribution < -0.4 is 20.5 Å². The zero-order valence-corrected chi connectivity index (χ0v) is 12.3. The van der Waals surface area contributed by atoms with E-state index in [-0.39, 0.29) is 5.91 Å². The molecule has 21 heavy (non-hydrogen) atoms. The minimum atomic E-state index is -0.867. The maximum atomic E-state index is 12.4. The molecule has 1 aromatic carbocycles. The van der Waals surface area contributed by atoms with Crippen molar-refractivity contribution in [2.24, 2.45) is 5.73 Å². The Balaban J connectivity index is 1.73. The zero-order chi connectivity index (χ0) is 15.1. The second kappa shape index (κ2) is 4.89. The summed E-state index contributed by atoms with van der Waals surface area (Å²) in [5.41, 5.74) is 5.94. The van der Waals surface area contributed by atoms with Crippen molar-refractivity contribution >= 4 is 11.6 Å². The molecule has 0 spiro atoms. The first-order valence-corrected chi connectivity index (χ1v) is 7.08. The molecule has 0 saturated carbocycles. The number of rotatable bonds is 2. The summed E-state index contributed by atoms with van der Waals surface area (Å²) in [5, 5.41) is 2.85. The minimum absolute atomic E-state index is 0.191. The Morgan fingerprint density at radius 3 is 2.57 bits per heavy atom. The lowest BCUT2D eigenvalue weighted by molar-refractivity contribution is -0.124. The fourth-order valence-electron chi connectivity index (χ4n) is 2.52. The molecule has 0 bridgehead atoms. The van der Waals surface area contributed by atoms with Gasteiger partial charge in [-0.25, -0.2) is 0 Å². The van der Waals surface area contributed by atoms with Crippen LogP contribution in [0.5, 0.6) is 11.5 Å². The van der Waals surface area contributed by atoms with Crippen molar-refractivity contribution in [2.45, 2.75) is 38.0 Å². The lowest BCUT2D eigenvalue weighted by Gasteiger charge is -2.31. The van der Waals surface area contributed by atoms with E-state index in [1.807, 2.05) is 13.8 Å². The van der Waals surface area contributed by atoms with Gasteiger partial charge in [0.2, 0.25) is 11.7 Å². The van der Waals surface area contributed by atoms with Crippen LogP contribution in [0.3, 0.4) is 0 Å². The van der Waals surface area contributed by atoms with Crippen LogP contribution >= 0.6 is 0 Å². The van der Waals surface area contributed by atoms with Gasteiger partial charge in [0.1, 0.15) is 5.54 Å². The van der Waals surface area contributed by atoms with Gasteiger partial charge < -0.3 is 25.3 Å². The Bertz CT molecular complexity index is 565. The van der Waals surface area contributed by atoms with Gasteiger partial charge in [0, 0.05) is 38.8 Å². The first kappa shape index (κ1) is 14.2. The van der Waals surface area contributed by atoms with Gasteiger partial charge in [0.25, 0.3) is 0 Å². The molecule has 114 valence electrons. The minimum Gasteiger partial charge on any atom is -0.449 e. The van der Waals surface area contributed by atoms with Crippen LogP contribution in [-0.2, 0) is 9.53 Å². The fourth-order valence-corrected chi connectivity index (χ4v) is 2.52. The third-order valence-electron chi connectivity index (χ3n) is 3.75. The number of amides is 1. The molecule has 2 heterocycles. The summed E-state index contributed by atoms with van der Waals surface area (Å²) >= 11 is 0. The van der Waals surface area contributed by atoms with Crippen LogP contribution in [0.4, 0.5) is 5.69 Å². The largest absolute Gasteiger partial charge is 0.449 e. The molecule has 0 aliphatic carbocycles. The van der Waals surface area contributed by atoms with Gasteiger partial charge in [0.15, 0.2) is 11.5 Å². The van der Waals surface area contributed by atoms with Gasteiger partial charge >= 0.3 is 0 Å². The molecule has 1 aromatic rings. The highest BCUT2D eigenvalue weighted by atomic mass is 16.7. The standard InChI is InChI=1S/C15H20N2O4/c1-14(2)20-11-4-3-10(9-12(11)21-14)17-13(18)15(16)5-7-19-8-6-15/h3-4,9H,5-8,16H2,1-2H3,(H,17,18). The Morgan fingerprint density at radius 1 is 1.19 bits per heavy atom. The molecule has 3 rings (SSSR count). The van der Waals surface area contributed by atoms with Crippen molar-refractivity contribution in [3.05, 3.63) is 18.2 Å². The van der Waals surface area contributed by atoms with E-state index in [0.717, 1.165) is 0 Å². The van der Waals surface area contributed by atoms with E-state index in [1.54, 1.807) is 18.2 Å². The highest BCUT2D eigenvalue weighted by molar-refractivity contribution is 5.98. The van der Waals surface area contributed by atoms with Crippen LogP contribution in [-0.4, -0.2) is 30.4 Å². The lowest BCUT2D eigenvalue weighted by Crippen LogP contribution is -2.54. The lowest BCUT2D eigenvalue weighted by atomic mass is 9.90.